The lowest BCUT2D eigenvalue weighted by atomic mass is 9.94. The molecule has 1 fully saturated rings. The second-order valence-electron chi connectivity index (χ2n) is 9.42. The first-order valence-electron chi connectivity index (χ1n) is 12.0. The molecule has 4 nitrogen and oxygen atoms in total. The molecular formula is C28H26F6N2O2. The van der Waals surface area contributed by atoms with E-state index in [0.717, 1.165) is 17.7 Å². The summed E-state index contributed by atoms with van der Waals surface area (Å²) in [6.45, 7) is 1.77. The van der Waals surface area contributed by atoms with Crippen LogP contribution in [0.2, 0.25) is 0 Å². The van der Waals surface area contributed by atoms with Gasteiger partial charge in [0.25, 0.3) is 0 Å². The number of piperidine rings is 1. The smallest absolute Gasteiger partial charge is 0.416 e. The van der Waals surface area contributed by atoms with Crippen molar-refractivity contribution < 1.29 is 36.2 Å². The maximum atomic E-state index is 13.5. The predicted molar refractivity (Wildman–Crippen MR) is 130 cm³/mol. The molecule has 0 radical (unpaired) electrons. The quantitative estimate of drug-likeness (QED) is 0.313. The molecule has 1 aliphatic rings. The van der Waals surface area contributed by atoms with E-state index < -0.39 is 35.5 Å². The van der Waals surface area contributed by atoms with Crippen LogP contribution in [0.1, 0.15) is 46.7 Å². The summed E-state index contributed by atoms with van der Waals surface area (Å²) >= 11 is 0. The van der Waals surface area contributed by atoms with Crippen LogP contribution in [0.4, 0.5) is 32.0 Å². The van der Waals surface area contributed by atoms with Crippen molar-refractivity contribution in [2.45, 2.75) is 37.8 Å². The van der Waals surface area contributed by atoms with Crippen LogP contribution in [0.25, 0.3) is 0 Å². The molecule has 0 bridgehead atoms. The lowest BCUT2D eigenvalue weighted by Gasteiger charge is -2.30. The van der Waals surface area contributed by atoms with Gasteiger partial charge in [-0.3, -0.25) is 9.69 Å². The van der Waals surface area contributed by atoms with Crippen LogP contribution < -0.4 is 5.32 Å². The van der Waals surface area contributed by atoms with E-state index >= 15 is 0 Å². The predicted octanol–water partition coefficient (Wildman–Crippen LogP) is 7.22. The molecule has 1 heterocycles. The van der Waals surface area contributed by atoms with E-state index in [4.69, 9.17) is 0 Å². The second kappa shape index (κ2) is 11.1. The van der Waals surface area contributed by atoms with Crippen LogP contribution in [0.5, 0.6) is 0 Å². The Hall–Kier alpha value is -3.53. The number of hydrogen-bond acceptors (Lipinski definition) is 3. The fourth-order valence-electron chi connectivity index (χ4n) is 4.67. The molecule has 1 aliphatic heterocycles. The highest BCUT2D eigenvalue weighted by molar-refractivity contribution is 5.70. The van der Waals surface area contributed by atoms with Crippen molar-refractivity contribution in [2.75, 3.05) is 18.4 Å². The van der Waals surface area contributed by atoms with E-state index in [9.17, 15) is 36.2 Å². The molecule has 2 N–H and O–H groups in total. The standard InChI is InChI=1S/C28H26F6N2O2/c29-27(30,31)22-14-21(15-23(16-22)28(32,33)34)25(19-6-2-1-3-7-19)35-24-8-4-5-18(13-24)17-36-11-9-20(10-12-36)26(37)38/h1-8,13-16,20,25,35H,9-12,17H2,(H,37,38). The van der Waals surface area contributed by atoms with Crippen molar-refractivity contribution in [3.8, 4) is 0 Å². The van der Waals surface area contributed by atoms with E-state index in [1.54, 1.807) is 48.5 Å². The summed E-state index contributed by atoms with van der Waals surface area (Å²) in [7, 11) is 0. The minimum Gasteiger partial charge on any atom is -0.481 e. The van der Waals surface area contributed by atoms with Gasteiger partial charge in [-0.05, 0) is 73.0 Å². The van der Waals surface area contributed by atoms with Gasteiger partial charge in [0, 0.05) is 12.2 Å². The molecule has 3 aromatic carbocycles. The first-order chi connectivity index (χ1) is 17.9. The highest BCUT2D eigenvalue weighted by atomic mass is 19.4. The number of hydrogen-bond donors (Lipinski definition) is 2. The molecule has 0 saturated carbocycles. The van der Waals surface area contributed by atoms with Gasteiger partial charge in [-0.1, -0.05) is 42.5 Å². The summed E-state index contributed by atoms with van der Waals surface area (Å²) in [5.74, 6) is -1.16. The van der Waals surface area contributed by atoms with Crippen LogP contribution in [0.3, 0.4) is 0 Å². The summed E-state index contributed by atoms with van der Waals surface area (Å²) < 4.78 is 81.3. The lowest BCUT2D eigenvalue weighted by molar-refractivity contribution is -0.144. The van der Waals surface area contributed by atoms with Gasteiger partial charge >= 0.3 is 18.3 Å². The summed E-state index contributed by atoms with van der Waals surface area (Å²) in [4.78, 5) is 13.3. The van der Waals surface area contributed by atoms with E-state index in [0.29, 0.717) is 43.7 Å². The number of carboxylic acid groups (broad SMARTS) is 1. The van der Waals surface area contributed by atoms with E-state index in [2.05, 4.69) is 10.2 Å². The van der Waals surface area contributed by atoms with E-state index in [-0.39, 0.29) is 17.5 Å². The topological polar surface area (TPSA) is 52.6 Å². The van der Waals surface area contributed by atoms with Gasteiger partial charge in [0.2, 0.25) is 0 Å². The molecule has 1 atom stereocenters. The molecule has 0 spiro atoms. The van der Waals surface area contributed by atoms with Crippen molar-refractivity contribution in [1.82, 2.24) is 4.90 Å². The zero-order valence-corrected chi connectivity index (χ0v) is 20.2. The van der Waals surface area contributed by atoms with Crippen LogP contribution in [0.15, 0.2) is 72.8 Å². The Labute approximate surface area is 215 Å². The number of anilines is 1. The van der Waals surface area contributed by atoms with Gasteiger partial charge in [-0.25, -0.2) is 0 Å². The van der Waals surface area contributed by atoms with Gasteiger partial charge in [0.15, 0.2) is 0 Å². The largest absolute Gasteiger partial charge is 0.481 e. The monoisotopic (exact) mass is 536 g/mol. The third-order valence-corrected chi connectivity index (χ3v) is 6.66. The third-order valence-electron chi connectivity index (χ3n) is 6.66. The van der Waals surface area contributed by atoms with Gasteiger partial charge < -0.3 is 10.4 Å². The van der Waals surface area contributed by atoms with E-state index in [1.165, 1.54) is 0 Å². The summed E-state index contributed by atoms with van der Waals surface area (Å²) in [6, 6.07) is 16.1. The highest BCUT2D eigenvalue weighted by Crippen LogP contribution is 2.39. The number of carboxylic acids is 1. The van der Waals surface area contributed by atoms with E-state index in [1.807, 2.05) is 6.07 Å². The number of nitrogens with one attached hydrogen (secondary N) is 1. The number of carbonyl (C=O) groups is 1. The number of likely N-dealkylation sites (tertiary alicyclic amines) is 1. The average Bonchev–Trinajstić information content (AvgIpc) is 2.87. The number of rotatable bonds is 7. The van der Waals surface area contributed by atoms with Crippen molar-refractivity contribution in [3.05, 3.63) is 101 Å². The van der Waals surface area contributed by atoms with Crippen molar-refractivity contribution in [1.29, 1.82) is 0 Å². The SMILES string of the molecule is O=C(O)C1CCN(Cc2cccc(NC(c3ccccc3)c3cc(C(F)(F)F)cc(C(F)(F)F)c3)c2)CC1. The van der Waals surface area contributed by atoms with Gasteiger partial charge in [-0.15, -0.1) is 0 Å². The van der Waals surface area contributed by atoms with Crippen molar-refractivity contribution in [2.24, 2.45) is 5.92 Å². The molecule has 3 aromatic rings. The maximum absolute atomic E-state index is 13.5. The second-order valence-corrected chi connectivity index (χ2v) is 9.42. The molecule has 1 unspecified atom stereocenters. The molecule has 10 heteroatoms. The van der Waals surface area contributed by atoms with Gasteiger partial charge in [-0.2, -0.15) is 26.3 Å². The maximum Gasteiger partial charge on any atom is 0.416 e. The van der Waals surface area contributed by atoms with Gasteiger partial charge in [0.05, 0.1) is 23.1 Å². The fraction of sp³-hybridized carbons (Fsp3) is 0.321. The number of benzene rings is 3. The summed E-state index contributed by atoms with van der Waals surface area (Å²) in [5.41, 5.74) is -0.994. The molecule has 1 saturated heterocycles. The van der Waals surface area contributed by atoms with Crippen molar-refractivity contribution in [3.63, 3.8) is 0 Å². The zero-order valence-electron chi connectivity index (χ0n) is 20.2. The van der Waals surface area contributed by atoms with Crippen molar-refractivity contribution >= 4 is 11.7 Å². The molecule has 38 heavy (non-hydrogen) atoms. The average molecular weight is 537 g/mol. The Bertz CT molecular complexity index is 1220. The number of nitrogens with zero attached hydrogens (tertiary/aromatic N) is 1. The van der Waals surface area contributed by atoms with Crippen LogP contribution in [-0.4, -0.2) is 29.1 Å². The molecular weight excluding hydrogens is 510 g/mol. The summed E-state index contributed by atoms with van der Waals surface area (Å²) in [5, 5.41) is 12.3. The number of aliphatic carboxylic acids is 1. The Morgan fingerprint density at radius 3 is 2.00 bits per heavy atom. The first kappa shape index (κ1) is 27.5. The Morgan fingerprint density at radius 2 is 1.45 bits per heavy atom. The number of halogens is 6. The molecule has 4 rings (SSSR count). The molecule has 0 amide bonds. The molecule has 0 aromatic heterocycles. The third kappa shape index (κ3) is 6.86. The first-order valence-corrected chi connectivity index (χ1v) is 12.0. The van der Waals surface area contributed by atoms with Crippen LogP contribution in [0, 0.1) is 5.92 Å². The normalized spacial score (nSPS) is 16.3. The fourth-order valence-corrected chi connectivity index (χ4v) is 4.67. The molecule has 0 aliphatic carbocycles. The Balaban J connectivity index is 1.64. The van der Waals surface area contributed by atoms with Crippen LogP contribution in [-0.2, 0) is 23.7 Å². The van der Waals surface area contributed by atoms with Crippen LogP contribution >= 0.6 is 0 Å². The Kier molecular flexibility index (Phi) is 8.01. The highest BCUT2D eigenvalue weighted by Gasteiger charge is 2.37. The Morgan fingerprint density at radius 1 is 0.842 bits per heavy atom. The molecule has 202 valence electrons. The minimum atomic E-state index is -4.95. The summed E-state index contributed by atoms with van der Waals surface area (Å²) in [6.07, 6.45) is -8.82. The lowest BCUT2D eigenvalue weighted by Crippen LogP contribution is -2.35. The number of alkyl halides is 6. The minimum absolute atomic E-state index is 0.125. The van der Waals surface area contributed by atoms with Gasteiger partial charge in [0.1, 0.15) is 0 Å². The zero-order chi connectivity index (χ0) is 27.5.